The summed E-state index contributed by atoms with van der Waals surface area (Å²) in [5.41, 5.74) is 8.28. The van der Waals surface area contributed by atoms with E-state index in [4.69, 9.17) is 5.73 Å². The molecule has 122 valence electrons. The molecule has 1 fully saturated rings. The van der Waals surface area contributed by atoms with Crippen molar-refractivity contribution in [2.75, 3.05) is 11.4 Å². The lowest BCUT2D eigenvalue weighted by Gasteiger charge is -2.34. The van der Waals surface area contributed by atoms with E-state index in [2.05, 4.69) is 11.9 Å². The second kappa shape index (κ2) is 5.46. The van der Waals surface area contributed by atoms with Crippen LogP contribution < -0.4 is 16.0 Å². The summed E-state index contributed by atoms with van der Waals surface area (Å²) in [6.07, 6.45) is 2.43. The fraction of sp³-hybridized carbons (Fsp3) is 0.263. The molecule has 4 rings (SSSR count). The lowest BCUT2D eigenvalue weighted by molar-refractivity contribution is -0.124. The van der Waals surface area contributed by atoms with Crippen LogP contribution in [-0.2, 0) is 11.3 Å². The van der Waals surface area contributed by atoms with Crippen molar-refractivity contribution >= 4 is 28.3 Å². The smallest absolute Gasteiger partial charge is 0.259 e. The lowest BCUT2D eigenvalue weighted by Crippen LogP contribution is -2.54. The van der Waals surface area contributed by atoms with Crippen LogP contribution in [0.25, 0.3) is 10.8 Å². The van der Waals surface area contributed by atoms with Crippen molar-refractivity contribution in [1.29, 1.82) is 0 Å². The van der Waals surface area contributed by atoms with Gasteiger partial charge in [0.1, 0.15) is 6.04 Å². The van der Waals surface area contributed by atoms with Crippen LogP contribution in [0.3, 0.4) is 0 Å². The highest BCUT2D eigenvalue weighted by molar-refractivity contribution is 6.27. The summed E-state index contributed by atoms with van der Waals surface area (Å²) in [4.78, 5) is 27.1. The molecular weight excluding hydrogens is 302 g/mol. The van der Waals surface area contributed by atoms with Gasteiger partial charge in [-0.25, -0.2) is 0 Å². The molecular formula is C19H19N3O2. The van der Waals surface area contributed by atoms with Crippen LogP contribution in [0.15, 0.2) is 43.0 Å². The molecule has 2 aliphatic heterocycles. The van der Waals surface area contributed by atoms with Gasteiger partial charge in [-0.2, -0.15) is 0 Å². The summed E-state index contributed by atoms with van der Waals surface area (Å²) in [6.45, 7) is 4.81. The maximum Gasteiger partial charge on any atom is 0.259 e. The van der Waals surface area contributed by atoms with Crippen molar-refractivity contribution in [3.63, 3.8) is 0 Å². The summed E-state index contributed by atoms with van der Waals surface area (Å²) < 4.78 is 0. The molecule has 2 heterocycles. The Morgan fingerprint density at radius 2 is 2.12 bits per heavy atom. The number of amides is 2. The van der Waals surface area contributed by atoms with E-state index in [1.165, 1.54) is 0 Å². The van der Waals surface area contributed by atoms with E-state index in [9.17, 15) is 9.59 Å². The standard InChI is InChI=1S/C19H19N3O2/c1-2-11-8-16(18(23)21-10-11)22-15-7-6-12(9-20)13-4-3-5-14(17(13)15)19(22)24/h2-7,11,16H,1,8-10,20H2,(H,21,23). The molecule has 0 bridgehead atoms. The minimum absolute atomic E-state index is 0.106. The summed E-state index contributed by atoms with van der Waals surface area (Å²) in [7, 11) is 0. The quantitative estimate of drug-likeness (QED) is 0.849. The number of carbonyl (C=O) groups excluding carboxylic acids is 2. The Balaban J connectivity index is 1.87. The van der Waals surface area contributed by atoms with E-state index in [0.29, 0.717) is 25.1 Å². The molecule has 5 nitrogen and oxygen atoms in total. The predicted molar refractivity (Wildman–Crippen MR) is 93.8 cm³/mol. The van der Waals surface area contributed by atoms with Crippen molar-refractivity contribution in [2.24, 2.45) is 11.7 Å². The second-order valence-corrected chi connectivity index (χ2v) is 6.34. The van der Waals surface area contributed by atoms with Gasteiger partial charge >= 0.3 is 0 Å². The Kier molecular flexibility index (Phi) is 3.39. The van der Waals surface area contributed by atoms with Crippen molar-refractivity contribution in [3.8, 4) is 0 Å². The van der Waals surface area contributed by atoms with Crippen LogP contribution in [0.4, 0.5) is 5.69 Å². The van der Waals surface area contributed by atoms with Gasteiger partial charge in [0, 0.05) is 24.0 Å². The Bertz CT molecular complexity index is 874. The van der Waals surface area contributed by atoms with Crippen molar-refractivity contribution in [3.05, 3.63) is 54.1 Å². The molecule has 2 aromatic carbocycles. The Morgan fingerprint density at radius 1 is 1.29 bits per heavy atom. The zero-order valence-electron chi connectivity index (χ0n) is 13.3. The Hall–Kier alpha value is -2.66. The molecule has 0 aliphatic carbocycles. The molecule has 0 aromatic heterocycles. The number of hydrogen-bond donors (Lipinski definition) is 2. The first kappa shape index (κ1) is 14.9. The number of carbonyl (C=O) groups is 2. The lowest BCUT2D eigenvalue weighted by atomic mass is 9.94. The predicted octanol–water partition coefficient (Wildman–Crippen LogP) is 1.95. The summed E-state index contributed by atoms with van der Waals surface area (Å²) in [5, 5.41) is 4.78. The average Bonchev–Trinajstić information content (AvgIpc) is 2.90. The van der Waals surface area contributed by atoms with E-state index in [1.54, 1.807) is 4.90 Å². The third-order valence-electron chi connectivity index (χ3n) is 5.05. The van der Waals surface area contributed by atoms with E-state index in [1.807, 2.05) is 36.4 Å². The number of hydrogen-bond acceptors (Lipinski definition) is 3. The third-order valence-corrected chi connectivity index (χ3v) is 5.05. The highest BCUT2D eigenvalue weighted by Crippen LogP contribution is 2.41. The third kappa shape index (κ3) is 1.98. The molecule has 2 aromatic rings. The SMILES string of the molecule is C=CC1CNC(=O)C(N2C(=O)c3cccc4c(CN)ccc2c34)C1. The number of nitrogens with one attached hydrogen (secondary N) is 1. The molecule has 0 saturated carbocycles. The number of anilines is 1. The molecule has 2 unspecified atom stereocenters. The van der Waals surface area contributed by atoms with Gasteiger partial charge in [0.05, 0.1) is 5.69 Å². The number of piperidine rings is 1. The van der Waals surface area contributed by atoms with Crippen molar-refractivity contribution < 1.29 is 9.59 Å². The normalized spacial score (nSPS) is 22.8. The molecule has 24 heavy (non-hydrogen) atoms. The molecule has 0 radical (unpaired) electrons. The van der Waals surface area contributed by atoms with Crippen LogP contribution in [0.2, 0.25) is 0 Å². The second-order valence-electron chi connectivity index (χ2n) is 6.34. The largest absolute Gasteiger partial charge is 0.354 e. The van der Waals surface area contributed by atoms with Crippen LogP contribution in [0, 0.1) is 5.92 Å². The Morgan fingerprint density at radius 3 is 2.88 bits per heavy atom. The monoisotopic (exact) mass is 321 g/mol. The minimum atomic E-state index is -0.506. The number of nitrogens with two attached hydrogens (primary N) is 1. The summed E-state index contributed by atoms with van der Waals surface area (Å²) >= 11 is 0. The molecule has 2 atom stereocenters. The minimum Gasteiger partial charge on any atom is -0.354 e. The fourth-order valence-electron chi connectivity index (χ4n) is 3.78. The number of nitrogens with zero attached hydrogens (tertiary/aromatic N) is 1. The zero-order chi connectivity index (χ0) is 16.8. The van der Waals surface area contributed by atoms with Crippen molar-refractivity contribution in [2.45, 2.75) is 19.0 Å². The summed E-state index contributed by atoms with van der Waals surface area (Å²) in [6, 6.07) is 9.01. The summed E-state index contributed by atoms with van der Waals surface area (Å²) in [5.74, 6) is -0.0528. The van der Waals surface area contributed by atoms with Gasteiger partial charge in [0.2, 0.25) is 5.91 Å². The van der Waals surface area contributed by atoms with Gasteiger partial charge in [-0.3, -0.25) is 14.5 Å². The van der Waals surface area contributed by atoms with E-state index >= 15 is 0 Å². The molecule has 0 spiro atoms. The Labute approximate surface area is 140 Å². The highest BCUT2D eigenvalue weighted by Gasteiger charge is 2.40. The van der Waals surface area contributed by atoms with Crippen LogP contribution in [0.1, 0.15) is 22.3 Å². The van der Waals surface area contributed by atoms with Crippen molar-refractivity contribution in [1.82, 2.24) is 5.32 Å². The van der Waals surface area contributed by atoms with Gasteiger partial charge in [-0.1, -0.05) is 24.3 Å². The fourth-order valence-corrected chi connectivity index (χ4v) is 3.78. The average molecular weight is 321 g/mol. The number of benzene rings is 2. The molecule has 1 saturated heterocycles. The van der Waals surface area contributed by atoms with E-state index in [-0.39, 0.29) is 17.7 Å². The van der Waals surface area contributed by atoms with Gasteiger partial charge in [0.25, 0.3) is 5.91 Å². The van der Waals surface area contributed by atoms with E-state index in [0.717, 1.165) is 22.0 Å². The van der Waals surface area contributed by atoms with Crippen LogP contribution in [0.5, 0.6) is 0 Å². The van der Waals surface area contributed by atoms with Crippen LogP contribution >= 0.6 is 0 Å². The van der Waals surface area contributed by atoms with Crippen LogP contribution in [-0.4, -0.2) is 24.4 Å². The highest BCUT2D eigenvalue weighted by atomic mass is 16.2. The molecule has 2 aliphatic rings. The van der Waals surface area contributed by atoms with Gasteiger partial charge in [-0.15, -0.1) is 6.58 Å². The van der Waals surface area contributed by atoms with E-state index < -0.39 is 6.04 Å². The first-order valence-corrected chi connectivity index (χ1v) is 8.14. The molecule has 3 N–H and O–H groups in total. The maximum absolute atomic E-state index is 13.0. The maximum atomic E-state index is 13.0. The molecule has 5 heteroatoms. The zero-order valence-corrected chi connectivity index (χ0v) is 13.3. The van der Waals surface area contributed by atoms with Gasteiger partial charge in [-0.05, 0) is 35.4 Å². The topological polar surface area (TPSA) is 75.4 Å². The van der Waals surface area contributed by atoms with Gasteiger partial charge in [0.15, 0.2) is 0 Å². The number of rotatable bonds is 3. The first-order valence-electron chi connectivity index (χ1n) is 8.14. The van der Waals surface area contributed by atoms with Gasteiger partial charge < -0.3 is 11.1 Å². The first-order chi connectivity index (χ1) is 11.7. The molecule has 2 amide bonds.